The van der Waals surface area contributed by atoms with Gasteiger partial charge in [-0.2, -0.15) is 0 Å². The molecular formula is C36H70O4. The molecule has 238 valence electrons. The highest BCUT2D eigenvalue weighted by Crippen LogP contribution is 2.15. The molecule has 0 aliphatic heterocycles. The molecule has 0 aromatic rings. The van der Waals surface area contributed by atoms with Crippen molar-refractivity contribution in [2.24, 2.45) is 0 Å². The number of rotatable bonds is 32. The van der Waals surface area contributed by atoms with Gasteiger partial charge in [-0.25, -0.2) is 0 Å². The van der Waals surface area contributed by atoms with Gasteiger partial charge in [-0.15, -0.1) is 0 Å². The van der Waals surface area contributed by atoms with Crippen LogP contribution in [-0.2, 0) is 19.1 Å². The van der Waals surface area contributed by atoms with Gasteiger partial charge < -0.3 is 9.47 Å². The molecule has 0 bridgehead atoms. The lowest BCUT2D eigenvalue weighted by Gasteiger charge is -2.13. The Balaban J connectivity index is 3.39. The molecule has 0 amide bonds. The molecule has 0 aromatic carbocycles. The van der Waals surface area contributed by atoms with Crippen molar-refractivity contribution < 1.29 is 19.1 Å². The molecule has 0 spiro atoms. The number of esters is 2. The van der Waals surface area contributed by atoms with Gasteiger partial charge in [-0.05, 0) is 19.8 Å². The molecule has 0 aliphatic carbocycles. The topological polar surface area (TPSA) is 52.6 Å². The van der Waals surface area contributed by atoms with E-state index in [1.807, 2.05) is 6.92 Å². The van der Waals surface area contributed by atoms with E-state index in [1.54, 1.807) is 0 Å². The predicted octanol–water partition coefficient (Wildman–Crippen LogP) is 11.8. The molecule has 0 aliphatic rings. The molecule has 0 aromatic heterocycles. The first-order valence-electron chi connectivity index (χ1n) is 17.9. The van der Waals surface area contributed by atoms with E-state index in [4.69, 9.17) is 9.47 Å². The van der Waals surface area contributed by atoms with E-state index in [-0.39, 0.29) is 18.0 Å². The molecule has 0 rings (SSSR count). The number of carbonyl (C=O) groups excluding carboxylic acids is 2. The maximum Gasteiger partial charge on any atom is 0.306 e. The smallest absolute Gasteiger partial charge is 0.306 e. The first-order chi connectivity index (χ1) is 19.6. The molecular weight excluding hydrogens is 496 g/mol. The van der Waals surface area contributed by atoms with Crippen molar-refractivity contribution >= 4 is 11.9 Å². The lowest BCUT2D eigenvalue weighted by molar-refractivity contribution is -0.150. The minimum atomic E-state index is -0.196. The van der Waals surface area contributed by atoms with Gasteiger partial charge in [0, 0.05) is 19.3 Å². The van der Waals surface area contributed by atoms with Crippen molar-refractivity contribution in [2.75, 3.05) is 6.61 Å². The van der Waals surface area contributed by atoms with Crippen LogP contribution in [-0.4, -0.2) is 24.6 Å². The lowest BCUT2D eigenvalue weighted by atomic mass is 10.0. The number of carbonyl (C=O) groups is 2. The summed E-state index contributed by atoms with van der Waals surface area (Å²) in [6, 6.07) is 0. The number of unbranched alkanes of at least 4 members (excludes halogenated alkanes) is 24. The zero-order valence-electron chi connectivity index (χ0n) is 27.4. The van der Waals surface area contributed by atoms with E-state index in [9.17, 15) is 9.59 Å². The molecule has 0 N–H and O–H groups in total. The average molecular weight is 567 g/mol. The Kier molecular flexibility index (Phi) is 31.6. The molecule has 4 heteroatoms. The van der Waals surface area contributed by atoms with Crippen LogP contribution in [0.3, 0.4) is 0 Å². The zero-order valence-corrected chi connectivity index (χ0v) is 27.4. The second-order valence-electron chi connectivity index (χ2n) is 12.3. The summed E-state index contributed by atoms with van der Waals surface area (Å²) in [6.07, 6.45) is 35.2. The SMILES string of the molecule is CCCCCCCCCCCCCCCC(=O)OCCC(C)OC(=O)CCCCCCCCCCCCCCC. The molecule has 0 saturated carbocycles. The Bertz CT molecular complexity index is 533. The second-order valence-corrected chi connectivity index (χ2v) is 12.3. The van der Waals surface area contributed by atoms with Gasteiger partial charge in [0.15, 0.2) is 0 Å². The van der Waals surface area contributed by atoms with E-state index in [2.05, 4.69) is 13.8 Å². The van der Waals surface area contributed by atoms with E-state index < -0.39 is 0 Å². The molecule has 40 heavy (non-hydrogen) atoms. The summed E-state index contributed by atoms with van der Waals surface area (Å²) in [6.45, 7) is 6.77. The Hall–Kier alpha value is -1.06. The molecule has 0 radical (unpaired) electrons. The lowest BCUT2D eigenvalue weighted by Crippen LogP contribution is -2.18. The third-order valence-corrected chi connectivity index (χ3v) is 8.09. The summed E-state index contributed by atoms with van der Waals surface area (Å²) in [5.41, 5.74) is 0. The summed E-state index contributed by atoms with van der Waals surface area (Å²) < 4.78 is 10.8. The van der Waals surface area contributed by atoms with Crippen LogP contribution in [0.5, 0.6) is 0 Å². The largest absolute Gasteiger partial charge is 0.466 e. The van der Waals surface area contributed by atoms with Crippen LogP contribution in [0.15, 0.2) is 0 Å². The summed E-state index contributed by atoms with van der Waals surface area (Å²) in [7, 11) is 0. The number of ether oxygens (including phenoxy) is 2. The van der Waals surface area contributed by atoms with Gasteiger partial charge in [0.1, 0.15) is 6.10 Å². The van der Waals surface area contributed by atoms with Crippen molar-refractivity contribution in [1.82, 2.24) is 0 Å². The van der Waals surface area contributed by atoms with Crippen LogP contribution in [0.25, 0.3) is 0 Å². The van der Waals surface area contributed by atoms with Gasteiger partial charge in [0.2, 0.25) is 0 Å². The van der Waals surface area contributed by atoms with Crippen molar-refractivity contribution in [1.29, 1.82) is 0 Å². The van der Waals surface area contributed by atoms with E-state index in [1.165, 1.54) is 141 Å². The minimum absolute atomic E-state index is 0.117. The predicted molar refractivity (Wildman–Crippen MR) is 172 cm³/mol. The summed E-state index contributed by atoms with van der Waals surface area (Å²) in [4.78, 5) is 24.0. The van der Waals surface area contributed by atoms with Crippen molar-refractivity contribution in [2.45, 2.75) is 213 Å². The standard InChI is InChI=1S/C36H70O4/c1-4-6-8-10-12-14-16-18-20-22-24-26-28-30-35(37)39-33-32-34(3)40-36(38)31-29-27-25-23-21-19-17-15-13-11-9-7-5-2/h34H,4-33H2,1-3H3. The Morgan fingerprint density at radius 3 is 1.10 bits per heavy atom. The quantitative estimate of drug-likeness (QED) is 0.0600. The average Bonchev–Trinajstić information content (AvgIpc) is 2.93. The highest BCUT2D eigenvalue weighted by Gasteiger charge is 2.11. The highest BCUT2D eigenvalue weighted by atomic mass is 16.6. The fourth-order valence-corrected chi connectivity index (χ4v) is 5.33. The molecule has 0 heterocycles. The maximum atomic E-state index is 12.1. The van der Waals surface area contributed by atoms with E-state index in [0.717, 1.165) is 25.7 Å². The summed E-state index contributed by atoms with van der Waals surface area (Å²) in [5, 5.41) is 0. The van der Waals surface area contributed by atoms with E-state index >= 15 is 0 Å². The number of hydrogen-bond acceptors (Lipinski definition) is 4. The third kappa shape index (κ3) is 31.5. The van der Waals surface area contributed by atoms with Crippen molar-refractivity contribution in [3.63, 3.8) is 0 Å². The Morgan fingerprint density at radius 1 is 0.450 bits per heavy atom. The molecule has 0 saturated heterocycles. The highest BCUT2D eigenvalue weighted by molar-refractivity contribution is 5.69. The zero-order chi connectivity index (χ0) is 29.4. The van der Waals surface area contributed by atoms with Crippen LogP contribution in [0.1, 0.15) is 207 Å². The van der Waals surface area contributed by atoms with Gasteiger partial charge in [0.25, 0.3) is 0 Å². The van der Waals surface area contributed by atoms with Gasteiger partial charge in [0.05, 0.1) is 6.61 Å². The van der Waals surface area contributed by atoms with E-state index in [0.29, 0.717) is 25.9 Å². The molecule has 0 fully saturated rings. The normalized spacial score (nSPS) is 12.0. The van der Waals surface area contributed by atoms with Crippen LogP contribution in [0.4, 0.5) is 0 Å². The fraction of sp³-hybridized carbons (Fsp3) is 0.944. The monoisotopic (exact) mass is 567 g/mol. The second kappa shape index (κ2) is 32.5. The maximum absolute atomic E-state index is 12.1. The molecule has 1 unspecified atom stereocenters. The van der Waals surface area contributed by atoms with Crippen LogP contribution >= 0.6 is 0 Å². The summed E-state index contributed by atoms with van der Waals surface area (Å²) >= 11 is 0. The van der Waals surface area contributed by atoms with Crippen molar-refractivity contribution in [3.05, 3.63) is 0 Å². The van der Waals surface area contributed by atoms with Crippen LogP contribution in [0, 0.1) is 0 Å². The van der Waals surface area contributed by atoms with Gasteiger partial charge in [-0.3, -0.25) is 9.59 Å². The van der Waals surface area contributed by atoms with Crippen LogP contribution < -0.4 is 0 Å². The number of hydrogen-bond donors (Lipinski definition) is 0. The Labute approximate surface area is 250 Å². The first-order valence-corrected chi connectivity index (χ1v) is 17.9. The molecule has 1 atom stereocenters. The van der Waals surface area contributed by atoms with Crippen LogP contribution in [0.2, 0.25) is 0 Å². The summed E-state index contributed by atoms with van der Waals surface area (Å²) in [5.74, 6) is -0.234. The minimum Gasteiger partial charge on any atom is -0.466 e. The third-order valence-electron chi connectivity index (χ3n) is 8.09. The first kappa shape index (κ1) is 38.9. The molecule has 4 nitrogen and oxygen atoms in total. The fourth-order valence-electron chi connectivity index (χ4n) is 5.33. The van der Waals surface area contributed by atoms with Gasteiger partial charge >= 0.3 is 11.9 Å². The van der Waals surface area contributed by atoms with Crippen molar-refractivity contribution in [3.8, 4) is 0 Å². The van der Waals surface area contributed by atoms with Gasteiger partial charge in [-0.1, -0.05) is 168 Å². The Morgan fingerprint density at radius 2 is 0.750 bits per heavy atom.